The van der Waals surface area contributed by atoms with Crippen molar-refractivity contribution in [1.29, 1.82) is 0 Å². The quantitative estimate of drug-likeness (QED) is 0.172. The average Bonchev–Trinajstić information content (AvgIpc) is 1.29. The molecule has 0 bridgehead atoms. The van der Waals surface area contributed by atoms with Crippen molar-refractivity contribution in [3.63, 3.8) is 0 Å². The molecule has 682 valence electrons. The van der Waals surface area contributed by atoms with Gasteiger partial charge in [0.25, 0.3) is 5.91 Å². The number of nitrogens with zero attached hydrogens (tertiary/aromatic N) is 11. The first-order chi connectivity index (χ1) is 51.7. The van der Waals surface area contributed by atoms with Crippen molar-refractivity contribution in [1.82, 2.24) is 53.9 Å². The number of rotatable bonds is 0. The summed E-state index contributed by atoms with van der Waals surface area (Å²) in [5.41, 5.74) is 14.1. The van der Waals surface area contributed by atoms with Gasteiger partial charge in [0.1, 0.15) is 0 Å². The van der Waals surface area contributed by atoms with Crippen molar-refractivity contribution in [2.24, 2.45) is 33.0 Å². The summed E-state index contributed by atoms with van der Waals surface area (Å²) in [6.45, 7) is 141. The molecule has 8 aliphatic heterocycles. The molecular weight excluding hydrogens is 1440 g/mol. The highest BCUT2D eigenvalue weighted by Gasteiger charge is 2.42. The highest BCUT2D eigenvalue weighted by atomic mass is 16.2. The van der Waals surface area contributed by atoms with Crippen LogP contribution in [0.1, 0.15) is 364 Å². The third kappa shape index (κ3) is 37.1. The molecule has 2 amide bonds. The smallest absolute Gasteiger partial charge is 0.270 e. The molecule has 0 spiro atoms. The van der Waals surface area contributed by atoms with Crippen molar-refractivity contribution in [3.05, 3.63) is 95.7 Å². The van der Waals surface area contributed by atoms with Crippen molar-refractivity contribution in [2.75, 3.05) is 105 Å². The van der Waals surface area contributed by atoms with Gasteiger partial charge in [0.15, 0.2) is 0 Å². The molecule has 117 heavy (non-hydrogen) atoms. The predicted molar refractivity (Wildman–Crippen MR) is 518 cm³/mol. The lowest BCUT2D eigenvalue weighted by Crippen LogP contribution is -2.59. The molecule has 0 saturated carbocycles. The zero-order valence-electron chi connectivity index (χ0n) is 87.3. The van der Waals surface area contributed by atoms with Gasteiger partial charge in [-0.2, -0.15) is 0 Å². The minimum absolute atomic E-state index is 0.0310. The first-order valence-corrected chi connectivity index (χ1v) is 45.7. The van der Waals surface area contributed by atoms with Gasteiger partial charge in [0.05, 0.1) is 18.8 Å². The molecule has 0 radical (unpaired) electrons. The molecule has 0 aliphatic carbocycles. The maximum atomic E-state index is 12.2. The number of allylic oxidation sites excluding steroid dienone is 1. The second kappa shape index (κ2) is 41.1. The van der Waals surface area contributed by atoms with E-state index in [4.69, 9.17) is 0 Å². The Labute approximate surface area is 729 Å². The Bertz CT molecular complexity index is 3090. The minimum atomic E-state index is -0.121. The summed E-state index contributed by atoms with van der Waals surface area (Å²) in [6.07, 6.45) is 15.9. The molecule has 1 unspecified atom stereocenters. The van der Waals surface area contributed by atoms with E-state index < -0.39 is 0 Å². The fourth-order valence-electron chi connectivity index (χ4n) is 16.4. The Morgan fingerprint density at radius 3 is 0.829 bits per heavy atom. The summed E-state index contributed by atoms with van der Waals surface area (Å²) < 4.78 is 0. The van der Waals surface area contributed by atoms with Crippen LogP contribution in [0.2, 0.25) is 0 Å². The van der Waals surface area contributed by atoms with Gasteiger partial charge in [-0.15, -0.1) is 0 Å². The first kappa shape index (κ1) is 111. The van der Waals surface area contributed by atoms with Crippen LogP contribution in [0.4, 0.5) is 0 Å². The van der Waals surface area contributed by atoms with Crippen molar-refractivity contribution in [2.45, 2.75) is 425 Å². The van der Waals surface area contributed by atoms with E-state index in [2.05, 4.69) is 427 Å². The van der Waals surface area contributed by atoms with Gasteiger partial charge in [0, 0.05) is 176 Å². The van der Waals surface area contributed by atoms with Gasteiger partial charge in [-0.1, -0.05) is 177 Å². The molecule has 0 aromatic carbocycles. The number of piperazine rings is 3. The molecule has 4 fully saturated rings. The standard InChI is InChI=1S/2C14H27N.2C13H24N2O.C13H26N2.C13H25N.2C12H23N/c2*1-13(2,3)12-8-7-10-15(11-9-12)14(4,5)6;1-10-8-15(13(5,6)7)11(16)9-14(10)12(2,3)4;1-10-11(16)15(13(5,6)7)9-8-14(10)12(2,3)4;1-11-10-14(12(2,3)4)8-9-15(11)13(5,6)7;1-10-11(12(2,3)4)8-9-14(10)13(5,6)7;2*1-11(2,3)10-7-8-13(9-10)12(4,5)6/h2*8H,7,9-11H2,1-6H3;2*1,8-9H2,2-7H3;1,8-10H2,2-7H3;11H,1,8-9H2,2-7H3;2*7H,8-9H2,1-6H3. The first-order valence-electron chi connectivity index (χ1n) is 45.7. The molecule has 8 heterocycles. The summed E-state index contributed by atoms with van der Waals surface area (Å²) in [7, 11) is 0. The van der Waals surface area contributed by atoms with E-state index in [1.165, 1.54) is 76.2 Å². The number of likely N-dealkylation sites (tertiary alicyclic amines) is 1. The van der Waals surface area contributed by atoms with E-state index >= 15 is 0 Å². The number of hydrogen-bond donors (Lipinski definition) is 0. The topological polar surface area (TPSA) is 69.8 Å². The summed E-state index contributed by atoms with van der Waals surface area (Å²) >= 11 is 0. The number of carbonyl (C=O) groups is 2. The molecule has 13 nitrogen and oxygen atoms in total. The average molecular weight is 1640 g/mol. The third-order valence-electron chi connectivity index (χ3n) is 24.6. The SMILES string of the molecule is C=C1C(=O)N(C(C)(C)C)CCN1C(C)(C)C.C=C1C(C(C)(C)C)CCN1C(C)(C)C.C=C1CN(C(C)(C)C)C(=O)CN1C(C)(C)C.C=C1CN(C(C)(C)C)CCN1C(C)(C)C.CC(C)(C)C1=CCCN(C(C)(C)C)CC1.CC(C)(C)C1=CCCN(C(C)(C)C)CC1.CC(C)(C)C1=CCN(C(C)(C)C)C1.CC(C)(C)C1=CCN(C(C)(C)C)C1. The predicted octanol–water partition coefficient (Wildman–Crippen LogP) is 24.7. The van der Waals surface area contributed by atoms with E-state index in [-0.39, 0.29) is 50.6 Å². The van der Waals surface area contributed by atoms with Crippen LogP contribution in [-0.2, 0) is 9.59 Å². The van der Waals surface area contributed by atoms with Crippen LogP contribution in [0.3, 0.4) is 0 Å². The molecule has 4 saturated heterocycles. The summed E-state index contributed by atoms with van der Waals surface area (Å²) in [4.78, 5) is 49.9. The van der Waals surface area contributed by atoms with E-state index in [1.54, 1.807) is 22.3 Å². The van der Waals surface area contributed by atoms with Crippen LogP contribution in [0.15, 0.2) is 95.7 Å². The van der Waals surface area contributed by atoms with Gasteiger partial charge in [-0.05, 0) is 288 Å². The lowest BCUT2D eigenvalue weighted by molar-refractivity contribution is -0.141. The van der Waals surface area contributed by atoms with E-state index in [1.807, 2.05) is 9.80 Å². The fourth-order valence-corrected chi connectivity index (χ4v) is 16.4. The Kier molecular flexibility index (Phi) is 39.0. The van der Waals surface area contributed by atoms with Gasteiger partial charge < -0.3 is 29.4 Å². The van der Waals surface area contributed by atoms with Crippen LogP contribution in [0.25, 0.3) is 0 Å². The maximum absolute atomic E-state index is 12.2. The summed E-state index contributed by atoms with van der Waals surface area (Å²) in [5.74, 6) is 0.908. The Morgan fingerprint density at radius 1 is 0.265 bits per heavy atom. The van der Waals surface area contributed by atoms with Crippen molar-refractivity contribution in [3.8, 4) is 0 Å². The third-order valence-corrected chi connectivity index (χ3v) is 24.6. The Hall–Kier alpha value is -4.14. The number of carbonyl (C=O) groups excluding carboxylic acids is 2. The zero-order chi connectivity index (χ0) is 92.4. The molecule has 8 aliphatic rings. The second-order valence-electron chi connectivity index (χ2n) is 51.3. The van der Waals surface area contributed by atoms with Gasteiger partial charge >= 0.3 is 0 Å². The van der Waals surface area contributed by atoms with Gasteiger partial charge in [-0.25, -0.2) is 0 Å². The van der Waals surface area contributed by atoms with Crippen LogP contribution in [-0.4, -0.2) is 231 Å². The normalized spacial score (nSPS) is 20.9. The van der Waals surface area contributed by atoms with Crippen LogP contribution < -0.4 is 0 Å². The van der Waals surface area contributed by atoms with Crippen molar-refractivity contribution < 1.29 is 9.59 Å². The Balaban J connectivity index is 0.000000669. The fraction of sp³-hybridized carbons (Fsp3) is 0.827. The maximum Gasteiger partial charge on any atom is 0.270 e. The molecule has 8 rings (SSSR count). The van der Waals surface area contributed by atoms with E-state index in [0.29, 0.717) is 73.9 Å². The van der Waals surface area contributed by atoms with Crippen LogP contribution >= 0.6 is 0 Å². The lowest BCUT2D eigenvalue weighted by atomic mass is 9.79. The van der Waals surface area contributed by atoms with E-state index in [9.17, 15) is 9.59 Å². The van der Waals surface area contributed by atoms with Crippen LogP contribution in [0.5, 0.6) is 0 Å². The number of hydrogen-bond acceptors (Lipinski definition) is 11. The highest BCUT2D eigenvalue weighted by molar-refractivity contribution is 5.93. The molecule has 0 aromatic rings. The molecule has 0 N–H and O–H groups in total. The largest absolute Gasteiger partial charge is 0.370 e. The van der Waals surface area contributed by atoms with Crippen molar-refractivity contribution >= 4 is 11.8 Å². The number of amides is 2. The van der Waals surface area contributed by atoms with Crippen LogP contribution in [0, 0.1) is 33.0 Å². The molecule has 13 heteroatoms. The van der Waals surface area contributed by atoms with Gasteiger partial charge in [-0.3, -0.25) is 34.1 Å². The molecular formula is C104H199N11O2. The minimum Gasteiger partial charge on any atom is -0.370 e. The monoisotopic (exact) mass is 1630 g/mol. The molecule has 0 aromatic heterocycles. The molecule has 1 atom stereocenters. The highest BCUT2D eigenvalue weighted by Crippen LogP contribution is 2.44. The van der Waals surface area contributed by atoms with Gasteiger partial charge in [0.2, 0.25) is 5.91 Å². The second-order valence-corrected chi connectivity index (χ2v) is 51.3. The summed E-state index contributed by atoms with van der Waals surface area (Å²) in [6, 6.07) is 0. The zero-order valence-corrected chi connectivity index (χ0v) is 87.3. The Morgan fingerprint density at radius 2 is 0.573 bits per heavy atom. The lowest BCUT2D eigenvalue weighted by Gasteiger charge is -2.49. The summed E-state index contributed by atoms with van der Waals surface area (Å²) in [5, 5.41) is 0. The van der Waals surface area contributed by atoms with E-state index in [0.717, 1.165) is 64.6 Å².